The number of rotatable bonds is 4. The average molecular weight is 325 g/mol. The zero-order chi connectivity index (χ0) is 16.9. The minimum atomic E-state index is -0.136. The lowest BCUT2D eigenvalue weighted by atomic mass is 10.2. The third kappa shape index (κ3) is 3.90. The first kappa shape index (κ1) is 16.0. The number of benzene rings is 1. The molecule has 1 aromatic carbocycles. The molecular weight excluding hydrogens is 306 g/mol. The number of aromatic nitrogens is 1. The lowest BCUT2D eigenvalue weighted by molar-refractivity contribution is -0.114. The molecule has 2 amide bonds. The summed E-state index contributed by atoms with van der Waals surface area (Å²) < 4.78 is 5.80. The number of nitrogens with zero attached hydrogens (tertiary/aromatic N) is 2. The SMILES string of the molecule is CC(=O)Nc1ccc(C(=O)N2CCC(Oc3ccccn3)C2)cc1. The molecule has 1 saturated heterocycles. The van der Waals surface area contributed by atoms with E-state index in [0.717, 1.165) is 6.42 Å². The molecule has 2 heterocycles. The van der Waals surface area contributed by atoms with Crippen LogP contribution in [0.15, 0.2) is 48.7 Å². The molecule has 1 unspecified atom stereocenters. The third-order valence-electron chi connectivity index (χ3n) is 3.81. The molecule has 1 N–H and O–H groups in total. The average Bonchev–Trinajstić information content (AvgIpc) is 3.04. The van der Waals surface area contributed by atoms with Gasteiger partial charge in [-0.2, -0.15) is 0 Å². The lowest BCUT2D eigenvalue weighted by Crippen LogP contribution is -2.31. The molecule has 1 aromatic heterocycles. The number of carbonyl (C=O) groups is 2. The zero-order valence-electron chi connectivity index (χ0n) is 13.4. The number of pyridine rings is 1. The summed E-state index contributed by atoms with van der Waals surface area (Å²) in [5.74, 6) is 0.413. The maximum Gasteiger partial charge on any atom is 0.253 e. The Morgan fingerprint density at radius 1 is 1.21 bits per heavy atom. The number of amides is 2. The minimum Gasteiger partial charge on any atom is -0.472 e. The number of carbonyl (C=O) groups excluding carboxylic acids is 2. The Labute approximate surface area is 140 Å². The lowest BCUT2D eigenvalue weighted by Gasteiger charge is -2.17. The van der Waals surface area contributed by atoms with E-state index < -0.39 is 0 Å². The molecular formula is C18H19N3O3. The van der Waals surface area contributed by atoms with Crippen molar-refractivity contribution < 1.29 is 14.3 Å². The first-order valence-electron chi connectivity index (χ1n) is 7.86. The first-order valence-corrected chi connectivity index (χ1v) is 7.86. The Bertz CT molecular complexity index is 716. The summed E-state index contributed by atoms with van der Waals surface area (Å²) >= 11 is 0. The van der Waals surface area contributed by atoms with Crippen LogP contribution in [0.4, 0.5) is 5.69 Å². The molecule has 0 aliphatic carbocycles. The summed E-state index contributed by atoms with van der Waals surface area (Å²) in [6, 6.07) is 12.4. The van der Waals surface area contributed by atoms with E-state index in [1.54, 1.807) is 35.4 Å². The molecule has 1 aliphatic rings. The monoisotopic (exact) mass is 325 g/mol. The van der Waals surface area contributed by atoms with Crippen molar-refractivity contribution in [2.45, 2.75) is 19.4 Å². The molecule has 124 valence electrons. The molecule has 0 saturated carbocycles. The van der Waals surface area contributed by atoms with E-state index in [2.05, 4.69) is 10.3 Å². The summed E-state index contributed by atoms with van der Waals surface area (Å²) in [5, 5.41) is 2.68. The number of nitrogens with one attached hydrogen (secondary N) is 1. The van der Waals surface area contributed by atoms with E-state index in [4.69, 9.17) is 4.74 Å². The van der Waals surface area contributed by atoms with E-state index in [9.17, 15) is 9.59 Å². The predicted octanol–water partition coefficient (Wildman–Crippen LogP) is 2.33. The van der Waals surface area contributed by atoms with Crippen LogP contribution in [0.2, 0.25) is 0 Å². The molecule has 1 fully saturated rings. The van der Waals surface area contributed by atoms with Crippen molar-refractivity contribution in [3.8, 4) is 5.88 Å². The van der Waals surface area contributed by atoms with E-state index >= 15 is 0 Å². The van der Waals surface area contributed by atoms with Crippen molar-refractivity contribution in [2.75, 3.05) is 18.4 Å². The van der Waals surface area contributed by atoms with Crippen LogP contribution < -0.4 is 10.1 Å². The fraction of sp³-hybridized carbons (Fsp3) is 0.278. The second kappa shape index (κ2) is 7.12. The van der Waals surface area contributed by atoms with Crippen LogP contribution in [-0.2, 0) is 4.79 Å². The van der Waals surface area contributed by atoms with E-state index in [-0.39, 0.29) is 17.9 Å². The molecule has 2 aromatic rings. The second-order valence-electron chi connectivity index (χ2n) is 5.71. The number of hydrogen-bond acceptors (Lipinski definition) is 4. The molecule has 1 aliphatic heterocycles. The largest absolute Gasteiger partial charge is 0.472 e. The van der Waals surface area contributed by atoms with Gasteiger partial charge in [-0.15, -0.1) is 0 Å². The summed E-state index contributed by atoms with van der Waals surface area (Å²) in [7, 11) is 0. The van der Waals surface area contributed by atoms with Gasteiger partial charge >= 0.3 is 0 Å². The second-order valence-corrected chi connectivity index (χ2v) is 5.71. The maximum atomic E-state index is 12.5. The number of anilines is 1. The van der Waals surface area contributed by atoms with Gasteiger partial charge < -0.3 is 15.0 Å². The highest BCUT2D eigenvalue weighted by atomic mass is 16.5. The van der Waals surface area contributed by atoms with Crippen molar-refractivity contribution in [1.82, 2.24) is 9.88 Å². The van der Waals surface area contributed by atoms with Gasteiger partial charge in [0.15, 0.2) is 0 Å². The zero-order valence-corrected chi connectivity index (χ0v) is 13.4. The van der Waals surface area contributed by atoms with Gasteiger partial charge in [0.05, 0.1) is 6.54 Å². The normalized spacial score (nSPS) is 16.7. The summed E-state index contributed by atoms with van der Waals surface area (Å²) in [4.78, 5) is 29.5. The van der Waals surface area contributed by atoms with Crippen molar-refractivity contribution in [3.63, 3.8) is 0 Å². The Hall–Kier alpha value is -2.89. The van der Waals surface area contributed by atoms with Crippen LogP contribution in [-0.4, -0.2) is 40.9 Å². The fourth-order valence-corrected chi connectivity index (χ4v) is 2.68. The minimum absolute atomic E-state index is 0.0310. The Morgan fingerprint density at radius 3 is 2.67 bits per heavy atom. The number of likely N-dealkylation sites (tertiary alicyclic amines) is 1. The van der Waals surface area contributed by atoms with Gasteiger partial charge in [0, 0.05) is 43.4 Å². The molecule has 3 rings (SSSR count). The van der Waals surface area contributed by atoms with Gasteiger partial charge in [-0.25, -0.2) is 4.98 Å². The highest BCUT2D eigenvalue weighted by molar-refractivity contribution is 5.95. The van der Waals surface area contributed by atoms with Crippen molar-refractivity contribution >= 4 is 17.5 Å². The van der Waals surface area contributed by atoms with Crippen LogP contribution in [0.1, 0.15) is 23.7 Å². The standard InChI is InChI=1S/C18H19N3O3/c1-13(22)20-15-7-5-14(6-8-15)18(23)21-11-9-16(12-21)24-17-4-2-3-10-19-17/h2-8,10,16H,9,11-12H2,1H3,(H,20,22). The Kier molecular flexibility index (Phi) is 4.74. The van der Waals surface area contributed by atoms with E-state index in [0.29, 0.717) is 30.2 Å². The maximum absolute atomic E-state index is 12.5. The van der Waals surface area contributed by atoms with Gasteiger partial charge in [-0.3, -0.25) is 9.59 Å². The van der Waals surface area contributed by atoms with E-state index in [1.807, 2.05) is 18.2 Å². The molecule has 6 heteroatoms. The number of ether oxygens (including phenoxy) is 1. The number of hydrogen-bond donors (Lipinski definition) is 1. The van der Waals surface area contributed by atoms with Gasteiger partial charge in [0.25, 0.3) is 5.91 Å². The van der Waals surface area contributed by atoms with Crippen LogP contribution in [0, 0.1) is 0 Å². The molecule has 6 nitrogen and oxygen atoms in total. The highest BCUT2D eigenvalue weighted by Crippen LogP contribution is 2.19. The van der Waals surface area contributed by atoms with Crippen molar-refractivity contribution in [3.05, 3.63) is 54.2 Å². The van der Waals surface area contributed by atoms with Crippen molar-refractivity contribution in [2.24, 2.45) is 0 Å². The summed E-state index contributed by atoms with van der Waals surface area (Å²) in [6.45, 7) is 2.65. The highest BCUT2D eigenvalue weighted by Gasteiger charge is 2.28. The molecule has 0 radical (unpaired) electrons. The summed E-state index contributed by atoms with van der Waals surface area (Å²) in [6.07, 6.45) is 2.43. The quantitative estimate of drug-likeness (QED) is 0.936. The Balaban J connectivity index is 1.59. The van der Waals surface area contributed by atoms with Gasteiger partial charge in [0.1, 0.15) is 6.10 Å². The summed E-state index contributed by atoms with van der Waals surface area (Å²) in [5.41, 5.74) is 1.28. The van der Waals surface area contributed by atoms with Crippen LogP contribution >= 0.6 is 0 Å². The molecule has 1 atom stereocenters. The predicted molar refractivity (Wildman–Crippen MR) is 89.9 cm³/mol. The molecule has 24 heavy (non-hydrogen) atoms. The van der Waals surface area contributed by atoms with Gasteiger partial charge in [-0.05, 0) is 30.3 Å². The van der Waals surface area contributed by atoms with Crippen LogP contribution in [0.5, 0.6) is 5.88 Å². The molecule has 0 spiro atoms. The van der Waals surface area contributed by atoms with E-state index in [1.165, 1.54) is 6.92 Å². The molecule has 0 bridgehead atoms. The van der Waals surface area contributed by atoms with Crippen LogP contribution in [0.3, 0.4) is 0 Å². The smallest absolute Gasteiger partial charge is 0.253 e. The third-order valence-corrected chi connectivity index (χ3v) is 3.81. The van der Waals surface area contributed by atoms with Gasteiger partial charge in [0.2, 0.25) is 11.8 Å². The first-order chi connectivity index (χ1) is 11.6. The Morgan fingerprint density at radius 2 is 2.00 bits per heavy atom. The topological polar surface area (TPSA) is 71.5 Å². The van der Waals surface area contributed by atoms with Crippen LogP contribution in [0.25, 0.3) is 0 Å². The van der Waals surface area contributed by atoms with Crippen molar-refractivity contribution in [1.29, 1.82) is 0 Å². The fourth-order valence-electron chi connectivity index (χ4n) is 2.68. The van der Waals surface area contributed by atoms with Gasteiger partial charge in [-0.1, -0.05) is 6.07 Å².